The number of fused-ring (bicyclic) bond motifs is 1. The van der Waals surface area contributed by atoms with Gasteiger partial charge >= 0.3 is 0 Å². The fourth-order valence-corrected chi connectivity index (χ4v) is 2.66. The number of benzene rings is 2. The van der Waals surface area contributed by atoms with Crippen molar-refractivity contribution in [3.63, 3.8) is 0 Å². The second kappa shape index (κ2) is 8.57. The van der Waals surface area contributed by atoms with Crippen molar-refractivity contribution in [1.29, 1.82) is 0 Å². The van der Waals surface area contributed by atoms with Crippen molar-refractivity contribution in [3.8, 4) is 17.2 Å². The predicted octanol–water partition coefficient (Wildman–Crippen LogP) is 2.10. The molecule has 2 amide bonds. The molecule has 7 nitrogen and oxygen atoms in total. The first-order valence-corrected chi connectivity index (χ1v) is 8.74. The highest BCUT2D eigenvalue weighted by Crippen LogP contribution is 2.32. The van der Waals surface area contributed by atoms with E-state index in [1.54, 1.807) is 18.2 Å². The smallest absolute Gasteiger partial charge is 0.251 e. The lowest BCUT2D eigenvalue weighted by molar-refractivity contribution is -0.120. The molecule has 0 atom stereocenters. The first-order chi connectivity index (χ1) is 12.6. The maximum Gasteiger partial charge on any atom is 0.251 e. The summed E-state index contributed by atoms with van der Waals surface area (Å²) in [4.78, 5) is 23.9. The van der Waals surface area contributed by atoms with E-state index in [4.69, 9.17) is 14.2 Å². The molecule has 0 aliphatic carbocycles. The number of halogens is 1. The second-order valence-electron chi connectivity index (χ2n) is 5.41. The van der Waals surface area contributed by atoms with Crippen LogP contribution in [0.25, 0.3) is 0 Å². The molecule has 0 fully saturated rings. The van der Waals surface area contributed by atoms with Gasteiger partial charge in [-0.1, -0.05) is 22.0 Å². The third-order valence-electron chi connectivity index (χ3n) is 3.53. The number of carbonyl (C=O) groups excluding carboxylic acids is 2. The molecule has 1 heterocycles. The summed E-state index contributed by atoms with van der Waals surface area (Å²) in [7, 11) is 0. The number of hydrogen-bond donors (Lipinski definition) is 2. The van der Waals surface area contributed by atoms with Gasteiger partial charge in [0.1, 0.15) is 12.4 Å². The standard InChI is InChI=1S/C18H17BrN2O5/c19-13-2-1-3-14(9-13)24-7-6-20-17(22)10-21-18(23)12-4-5-15-16(8-12)26-11-25-15/h1-5,8-9H,6-7,10-11H2,(H,20,22)(H,21,23). The maximum absolute atomic E-state index is 12.1. The molecule has 2 N–H and O–H groups in total. The van der Waals surface area contributed by atoms with E-state index in [1.807, 2.05) is 24.3 Å². The minimum atomic E-state index is -0.358. The van der Waals surface area contributed by atoms with Gasteiger partial charge < -0.3 is 24.8 Å². The Labute approximate surface area is 158 Å². The first kappa shape index (κ1) is 18.1. The van der Waals surface area contributed by atoms with Crippen LogP contribution < -0.4 is 24.8 Å². The van der Waals surface area contributed by atoms with E-state index in [1.165, 1.54) is 0 Å². The summed E-state index contributed by atoms with van der Waals surface area (Å²) in [6.45, 7) is 0.693. The van der Waals surface area contributed by atoms with Gasteiger partial charge in [-0.15, -0.1) is 0 Å². The zero-order valence-corrected chi connectivity index (χ0v) is 15.4. The highest BCUT2D eigenvalue weighted by Gasteiger charge is 2.16. The molecule has 0 spiro atoms. The van der Waals surface area contributed by atoms with Crippen LogP contribution in [0, 0.1) is 0 Å². The molecule has 2 aromatic rings. The van der Waals surface area contributed by atoms with Gasteiger partial charge in [-0.2, -0.15) is 0 Å². The molecule has 0 aromatic heterocycles. The fraction of sp³-hybridized carbons (Fsp3) is 0.222. The number of carbonyl (C=O) groups is 2. The van der Waals surface area contributed by atoms with Gasteiger partial charge in [-0.05, 0) is 36.4 Å². The second-order valence-corrected chi connectivity index (χ2v) is 6.32. The van der Waals surface area contributed by atoms with Crippen molar-refractivity contribution in [3.05, 3.63) is 52.5 Å². The van der Waals surface area contributed by atoms with Crippen LogP contribution in [0.4, 0.5) is 0 Å². The number of rotatable bonds is 7. The van der Waals surface area contributed by atoms with Crippen molar-refractivity contribution >= 4 is 27.7 Å². The van der Waals surface area contributed by atoms with Crippen LogP contribution in [0.15, 0.2) is 46.9 Å². The van der Waals surface area contributed by atoms with Crippen molar-refractivity contribution < 1.29 is 23.8 Å². The zero-order valence-electron chi connectivity index (χ0n) is 13.8. The molecule has 0 bridgehead atoms. The minimum absolute atomic E-state index is 0.121. The summed E-state index contributed by atoms with van der Waals surface area (Å²) in [5.74, 6) is 1.18. The summed E-state index contributed by atoms with van der Waals surface area (Å²) in [5, 5.41) is 5.24. The van der Waals surface area contributed by atoms with Gasteiger partial charge in [0.2, 0.25) is 12.7 Å². The molecular weight excluding hydrogens is 404 g/mol. The molecule has 2 aromatic carbocycles. The number of hydrogen-bond acceptors (Lipinski definition) is 5. The van der Waals surface area contributed by atoms with Crippen molar-refractivity contribution in [2.45, 2.75) is 0 Å². The van der Waals surface area contributed by atoms with E-state index >= 15 is 0 Å². The van der Waals surface area contributed by atoms with Crippen LogP contribution in [0.2, 0.25) is 0 Å². The Balaban J connectivity index is 1.36. The van der Waals surface area contributed by atoms with Gasteiger partial charge in [0, 0.05) is 10.0 Å². The molecule has 0 saturated carbocycles. The lowest BCUT2D eigenvalue weighted by atomic mass is 10.2. The number of amides is 2. The van der Waals surface area contributed by atoms with Crippen LogP contribution in [0.3, 0.4) is 0 Å². The summed E-state index contributed by atoms with van der Waals surface area (Å²) in [6, 6.07) is 12.3. The molecule has 0 radical (unpaired) electrons. The quantitative estimate of drug-likeness (QED) is 0.669. The molecular formula is C18H17BrN2O5. The Morgan fingerprint density at radius 2 is 1.92 bits per heavy atom. The van der Waals surface area contributed by atoms with Gasteiger partial charge in [0.25, 0.3) is 5.91 Å². The molecule has 1 aliphatic heterocycles. The lowest BCUT2D eigenvalue weighted by Crippen LogP contribution is -2.38. The number of nitrogens with one attached hydrogen (secondary N) is 2. The van der Waals surface area contributed by atoms with E-state index in [0.717, 1.165) is 4.47 Å². The molecule has 0 saturated heterocycles. The molecule has 0 unspecified atom stereocenters. The van der Waals surface area contributed by atoms with Crippen molar-refractivity contribution in [2.24, 2.45) is 0 Å². The summed E-state index contributed by atoms with van der Waals surface area (Å²) in [6.07, 6.45) is 0. The Kier molecular flexibility index (Phi) is 5.96. The Morgan fingerprint density at radius 1 is 1.08 bits per heavy atom. The van der Waals surface area contributed by atoms with E-state index in [-0.39, 0.29) is 25.2 Å². The Morgan fingerprint density at radius 3 is 2.77 bits per heavy atom. The first-order valence-electron chi connectivity index (χ1n) is 7.95. The Bertz CT molecular complexity index is 812. The van der Waals surface area contributed by atoms with Gasteiger partial charge in [0.05, 0.1) is 13.1 Å². The average Bonchev–Trinajstić information content (AvgIpc) is 3.11. The van der Waals surface area contributed by atoms with Crippen LogP contribution in [-0.2, 0) is 4.79 Å². The summed E-state index contributed by atoms with van der Waals surface area (Å²) < 4.78 is 16.9. The van der Waals surface area contributed by atoms with Crippen LogP contribution in [-0.4, -0.2) is 38.3 Å². The van der Waals surface area contributed by atoms with Crippen LogP contribution >= 0.6 is 15.9 Å². The monoisotopic (exact) mass is 420 g/mol. The SMILES string of the molecule is O=C(CNC(=O)c1ccc2c(c1)OCO2)NCCOc1cccc(Br)c1. The Hall–Kier alpha value is -2.74. The van der Waals surface area contributed by atoms with E-state index < -0.39 is 0 Å². The minimum Gasteiger partial charge on any atom is -0.492 e. The van der Waals surface area contributed by atoms with Crippen LogP contribution in [0.5, 0.6) is 17.2 Å². The molecule has 26 heavy (non-hydrogen) atoms. The maximum atomic E-state index is 12.1. The third kappa shape index (κ3) is 4.89. The average molecular weight is 421 g/mol. The number of ether oxygens (including phenoxy) is 3. The van der Waals surface area contributed by atoms with E-state index in [2.05, 4.69) is 26.6 Å². The summed E-state index contributed by atoms with van der Waals surface area (Å²) >= 11 is 3.36. The summed E-state index contributed by atoms with van der Waals surface area (Å²) in [5.41, 5.74) is 0.403. The normalized spacial score (nSPS) is 11.7. The molecule has 8 heteroatoms. The van der Waals surface area contributed by atoms with Crippen molar-refractivity contribution in [2.75, 3.05) is 26.5 Å². The molecule has 3 rings (SSSR count). The van der Waals surface area contributed by atoms with Gasteiger partial charge in [-0.25, -0.2) is 0 Å². The van der Waals surface area contributed by atoms with Gasteiger partial charge in [0.15, 0.2) is 11.5 Å². The zero-order chi connectivity index (χ0) is 18.4. The highest BCUT2D eigenvalue weighted by atomic mass is 79.9. The lowest BCUT2D eigenvalue weighted by Gasteiger charge is -2.09. The molecule has 136 valence electrons. The van der Waals surface area contributed by atoms with E-state index in [0.29, 0.717) is 36.0 Å². The predicted molar refractivity (Wildman–Crippen MR) is 97.5 cm³/mol. The van der Waals surface area contributed by atoms with E-state index in [9.17, 15) is 9.59 Å². The topological polar surface area (TPSA) is 85.9 Å². The van der Waals surface area contributed by atoms with Crippen LogP contribution in [0.1, 0.15) is 10.4 Å². The highest BCUT2D eigenvalue weighted by molar-refractivity contribution is 9.10. The molecule has 1 aliphatic rings. The van der Waals surface area contributed by atoms with Crippen molar-refractivity contribution in [1.82, 2.24) is 10.6 Å². The largest absolute Gasteiger partial charge is 0.492 e. The fourth-order valence-electron chi connectivity index (χ4n) is 2.28. The third-order valence-corrected chi connectivity index (χ3v) is 4.03. The van der Waals surface area contributed by atoms with Gasteiger partial charge in [-0.3, -0.25) is 9.59 Å².